The van der Waals surface area contributed by atoms with Crippen LogP contribution in [0.25, 0.3) is 0 Å². The van der Waals surface area contributed by atoms with Crippen LogP contribution in [0.4, 0.5) is 4.79 Å². The van der Waals surface area contributed by atoms with Crippen LogP contribution in [-0.4, -0.2) is 29.8 Å². The number of carbonyl (C=O) groups is 1. The van der Waals surface area contributed by atoms with Crippen molar-refractivity contribution < 1.29 is 9.53 Å². The summed E-state index contributed by atoms with van der Waals surface area (Å²) in [6, 6.07) is 0. The first-order chi connectivity index (χ1) is 15.2. The molecule has 1 saturated heterocycles. The van der Waals surface area contributed by atoms with E-state index in [-0.39, 0.29) is 23.3 Å². The average molecular weight is 453 g/mol. The number of piperidine rings is 1. The third-order valence-corrected chi connectivity index (χ3v) is 6.73. The third kappa shape index (κ3) is 15.9. The Bertz CT molecular complexity index is 460. The summed E-state index contributed by atoms with van der Waals surface area (Å²) in [5.41, 5.74) is 0.00116. The fraction of sp³-hybridized carbons (Fsp3) is 0.964. The molecule has 1 aliphatic heterocycles. The molecule has 0 radical (unpaired) electrons. The molecule has 1 fully saturated rings. The van der Waals surface area contributed by atoms with E-state index in [1.165, 1.54) is 96.3 Å². The summed E-state index contributed by atoms with van der Waals surface area (Å²) in [7, 11) is 0. The molecule has 1 heterocycles. The Morgan fingerprint density at radius 3 is 1.50 bits per heavy atom. The van der Waals surface area contributed by atoms with E-state index in [1.54, 1.807) is 0 Å². The fourth-order valence-corrected chi connectivity index (χ4v) is 5.37. The van der Waals surface area contributed by atoms with Crippen molar-refractivity contribution in [3.8, 4) is 0 Å². The Balaban J connectivity index is 1.86. The van der Waals surface area contributed by atoms with Crippen molar-refractivity contribution in [1.29, 1.82) is 0 Å². The summed E-state index contributed by atoms with van der Waals surface area (Å²) in [6.07, 6.45) is 23.3. The zero-order valence-corrected chi connectivity index (χ0v) is 22.3. The molecule has 0 bridgehead atoms. The molecule has 32 heavy (non-hydrogen) atoms. The van der Waals surface area contributed by atoms with Gasteiger partial charge in [0.1, 0.15) is 6.10 Å². The van der Waals surface area contributed by atoms with Gasteiger partial charge in [0.05, 0.1) is 0 Å². The summed E-state index contributed by atoms with van der Waals surface area (Å²) < 4.78 is 5.70. The Morgan fingerprint density at radius 1 is 0.719 bits per heavy atom. The Labute approximate surface area is 200 Å². The van der Waals surface area contributed by atoms with Crippen LogP contribution in [0.3, 0.4) is 0 Å². The van der Waals surface area contributed by atoms with Gasteiger partial charge in [-0.1, -0.05) is 103 Å². The maximum absolute atomic E-state index is 12.1. The Morgan fingerprint density at radius 2 is 1.09 bits per heavy atom. The number of rotatable bonds is 18. The number of hydrogen-bond acceptors (Lipinski definition) is 3. The van der Waals surface area contributed by atoms with E-state index < -0.39 is 0 Å². The molecule has 0 unspecified atom stereocenters. The lowest BCUT2D eigenvalue weighted by molar-refractivity contribution is 0.0194. The quantitative estimate of drug-likeness (QED) is 0.206. The fourth-order valence-electron chi connectivity index (χ4n) is 5.37. The number of hydrogen-bond donors (Lipinski definition) is 2. The van der Waals surface area contributed by atoms with E-state index in [1.807, 2.05) is 0 Å². The van der Waals surface area contributed by atoms with Gasteiger partial charge in [-0.15, -0.1) is 0 Å². The third-order valence-electron chi connectivity index (χ3n) is 6.73. The molecular weight excluding hydrogens is 396 g/mol. The van der Waals surface area contributed by atoms with Gasteiger partial charge in [0.25, 0.3) is 0 Å². The highest BCUT2D eigenvalue weighted by molar-refractivity contribution is 5.67. The number of ether oxygens (including phenoxy) is 1. The number of alkyl carbamates (subject to hydrolysis) is 1. The van der Waals surface area contributed by atoms with E-state index in [0.29, 0.717) is 0 Å². The van der Waals surface area contributed by atoms with E-state index in [4.69, 9.17) is 4.74 Å². The summed E-state index contributed by atoms with van der Waals surface area (Å²) in [5.74, 6) is 0. The van der Waals surface area contributed by atoms with Crippen LogP contribution in [0.15, 0.2) is 0 Å². The molecule has 0 saturated carbocycles. The monoisotopic (exact) mass is 452 g/mol. The molecule has 1 rings (SSSR count). The zero-order chi connectivity index (χ0) is 23.7. The molecule has 190 valence electrons. The number of unbranched alkanes of at least 4 members (excludes halogenated alkanes) is 15. The predicted octanol–water partition coefficient (Wildman–Crippen LogP) is 8.28. The Hall–Kier alpha value is -0.770. The van der Waals surface area contributed by atoms with Crippen molar-refractivity contribution in [2.75, 3.05) is 6.54 Å². The predicted molar refractivity (Wildman–Crippen MR) is 138 cm³/mol. The molecule has 1 aliphatic rings. The van der Waals surface area contributed by atoms with Gasteiger partial charge in [-0.2, -0.15) is 0 Å². The van der Waals surface area contributed by atoms with Crippen LogP contribution in [-0.2, 0) is 4.74 Å². The second-order valence-electron chi connectivity index (χ2n) is 11.6. The molecule has 0 aromatic rings. The minimum absolute atomic E-state index is 0.000578. The Kier molecular flexibility index (Phi) is 15.3. The minimum Gasteiger partial charge on any atom is -0.446 e. The standard InChI is InChI=1S/C28H56N2O2/c1-6-7-8-9-10-11-12-13-14-15-16-17-18-19-20-21-22-29-26(31)32-25-23-27(2,3)30-28(4,5)24-25/h25,30H,6-24H2,1-5H3,(H,29,31). The van der Waals surface area contributed by atoms with Crippen LogP contribution >= 0.6 is 0 Å². The summed E-state index contributed by atoms with van der Waals surface area (Å²) in [6.45, 7) is 11.7. The number of carbonyl (C=O) groups excluding carboxylic acids is 1. The molecule has 2 N–H and O–H groups in total. The SMILES string of the molecule is CCCCCCCCCCCCCCCCCCNC(=O)OC1CC(C)(C)NC(C)(C)C1. The van der Waals surface area contributed by atoms with Crippen LogP contribution in [0.5, 0.6) is 0 Å². The highest BCUT2D eigenvalue weighted by Gasteiger charge is 2.39. The van der Waals surface area contributed by atoms with Gasteiger partial charge in [0, 0.05) is 30.5 Å². The molecule has 0 aromatic carbocycles. The van der Waals surface area contributed by atoms with Gasteiger partial charge in [-0.05, 0) is 34.1 Å². The zero-order valence-electron chi connectivity index (χ0n) is 22.3. The molecule has 0 atom stereocenters. The molecule has 4 nitrogen and oxygen atoms in total. The molecule has 1 amide bonds. The molecular formula is C28H56N2O2. The van der Waals surface area contributed by atoms with Crippen molar-refractivity contribution in [2.24, 2.45) is 0 Å². The smallest absolute Gasteiger partial charge is 0.407 e. The lowest BCUT2D eigenvalue weighted by Crippen LogP contribution is -2.60. The highest BCUT2D eigenvalue weighted by atomic mass is 16.6. The largest absolute Gasteiger partial charge is 0.446 e. The minimum atomic E-state index is -0.246. The van der Waals surface area contributed by atoms with Crippen LogP contribution in [0, 0.1) is 0 Å². The summed E-state index contributed by atoms with van der Waals surface area (Å²) in [5, 5.41) is 6.58. The number of amides is 1. The van der Waals surface area contributed by atoms with Crippen molar-refractivity contribution >= 4 is 6.09 Å². The van der Waals surface area contributed by atoms with Gasteiger partial charge in [0.2, 0.25) is 0 Å². The highest BCUT2D eigenvalue weighted by Crippen LogP contribution is 2.30. The first kappa shape index (κ1) is 29.3. The van der Waals surface area contributed by atoms with Crippen molar-refractivity contribution in [3.63, 3.8) is 0 Å². The van der Waals surface area contributed by atoms with E-state index in [0.717, 1.165) is 25.8 Å². The summed E-state index contributed by atoms with van der Waals surface area (Å²) in [4.78, 5) is 12.1. The maximum Gasteiger partial charge on any atom is 0.407 e. The van der Waals surface area contributed by atoms with Crippen LogP contribution < -0.4 is 10.6 Å². The average Bonchev–Trinajstić information content (AvgIpc) is 2.68. The van der Waals surface area contributed by atoms with Crippen molar-refractivity contribution in [1.82, 2.24) is 10.6 Å². The van der Waals surface area contributed by atoms with E-state index in [2.05, 4.69) is 45.3 Å². The van der Waals surface area contributed by atoms with E-state index in [9.17, 15) is 4.79 Å². The van der Waals surface area contributed by atoms with Crippen molar-refractivity contribution in [3.05, 3.63) is 0 Å². The molecule has 0 aliphatic carbocycles. The lowest BCUT2D eigenvalue weighted by atomic mass is 9.81. The van der Waals surface area contributed by atoms with Gasteiger partial charge >= 0.3 is 6.09 Å². The van der Waals surface area contributed by atoms with E-state index >= 15 is 0 Å². The number of nitrogens with one attached hydrogen (secondary N) is 2. The maximum atomic E-state index is 12.1. The van der Waals surface area contributed by atoms with Gasteiger partial charge in [-0.3, -0.25) is 0 Å². The van der Waals surface area contributed by atoms with Gasteiger partial charge in [0.15, 0.2) is 0 Å². The topological polar surface area (TPSA) is 50.4 Å². The molecule has 0 aromatic heterocycles. The van der Waals surface area contributed by atoms with Gasteiger partial charge < -0.3 is 15.4 Å². The second-order valence-corrected chi connectivity index (χ2v) is 11.6. The molecule has 4 heteroatoms. The first-order valence-electron chi connectivity index (χ1n) is 14.0. The summed E-state index contributed by atoms with van der Waals surface area (Å²) >= 11 is 0. The second kappa shape index (κ2) is 16.8. The van der Waals surface area contributed by atoms with Crippen LogP contribution in [0.1, 0.15) is 150 Å². The lowest BCUT2D eigenvalue weighted by Gasteiger charge is -2.45. The first-order valence-corrected chi connectivity index (χ1v) is 14.0. The van der Waals surface area contributed by atoms with Crippen LogP contribution in [0.2, 0.25) is 0 Å². The van der Waals surface area contributed by atoms with Gasteiger partial charge in [-0.25, -0.2) is 4.79 Å². The molecule has 0 spiro atoms. The van der Waals surface area contributed by atoms with Crippen molar-refractivity contribution in [2.45, 2.75) is 167 Å². The normalized spacial score (nSPS) is 17.9.